The van der Waals surface area contributed by atoms with Gasteiger partial charge in [-0.05, 0) is 17.7 Å². The predicted octanol–water partition coefficient (Wildman–Crippen LogP) is 1.85. The fourth-order valence-corrected chi connectivity index (χ4v) is 1.64. The van der Waals surface area contributed by atoms with Gasteiger partial charge in [0.15, 0.2) is 11.6 Å². The normalized spacial score (nSPS) is 12.1. The molecule has 1 heterocycles. The van der Waals surface area contributed by atoms with Crippen LogP contribution in [0.3, 0.4) is 0 Å². The molecule has 0 radical (unpaired) electrons. The summed E-state index contributed by atoms with van der Waals surface area (Å²) in [5.74, 6) is -1.79. The van der Waals surface area contributed by atoms with Crippen molar-refractivity contribution in [3.8, 4) is 11.8 Å². The maximum atomic E-state index is 13.2. The van der Waals surface area contributed by atoms with E-state index in [1.807, 2.05) is 0 Å². The Hall–Kier alpha value is -2.28. The lowest BCUT2D eigenvalue weighted by Crippen LogP contribution is -2.08. The lowest BCUT2D eigenvalue weighted by Gasteiger charge is -2.14. The van der Waals surface area contributed by atoms with E-state index in [2.05, 4.69) is 9.97 Å². The van der Waals surface area contributed by atoms with Crippen molar-refractivity contribution in [2.45, 2.75) is 6.10 Å². The molecule has 1 atom stereocenters. The van der Waals surface area contributed by atoms with Gasteiger partial charge < -0.3 is 14.6 Å². The third-order valence-electron chi connectivity index (χ3n) is 2.67. The van der Waals surface area contributed by atoms with Gasteiger partial charge in [0, 0.05) is 0 Å². The number of rotatable bonds is 4. The largest absolute Gasteiger partial charge is 0.480 e. The summed E-state index contributed by atoms with van der Waals surface area (Å²) in [5.41, 5.74) is 0.223. The number of hydrogen-bond donors (Lipinski definition) is 1. The van der Waals surface area contributed by atoms with Crippen LogP contribution in [-0.2, 0) is 0 Å². The average molecular weight is 282 g/mol. The molecule has 0 aliphatic rings. The van der Waals surface area contributed by atoms with E-state index in [0.717, 1.165) is 12.1 Å². The van der Waals surface area contributed by atoms with Gasteiger partial charge in [0.2, 0.25) is 11.8 Å². The molecule has 106 valence electrons. The first kappa shape index (κ1) is 14.1. The highest BCUT2D eigenvalue weighted by atomic mass is 19.2. The van der Waals surface area contributed by atoms with Crippen molar-refractivity contribution in [1.29, 1.82) is 0 Å². The molecule has 1 unspecified atom stereocenters. The highest BCUT2D eigenvalue weighted by Crippen LogP contribution is 2.28. The highest BCUT2D eigenvalue weighted by molar-refractivity contribution is 5.33. The van der Waals surface area contributed by atoms with Gasteiger partial charge in [-0.1, -0.05) is 6.07 Å². The minimum Gasteiger partial charge on any atom is -0.480 e. The second kappa shape index (κ2) is 5.79. The summed E-state index contributed by atoms with van der Waals surface area (Å²) in [6, 6.07) is 3.08. The molecule has 0 amide bonds. The maximum Gasteiger partial charge on any atom is 0.241 e. The highest BCUT2D eigenvalue weighted by Gasteiger charge is 2.20. The molecule has 0 bridgehead atoms. The van der Waals surface area contributed by atoms with Crippen molar-refractivity contribution in [2.24, 2.45) is 0 Å². The van der Waals surface area contributed by atoms with Gasteiger partial charge in [-0.15, -0.1) is 0 Å². The summed E-state index contributed by atoms with van der Waals surface area (Å²) in [7, 11) is 2.76. The van der Waals surface area contributed by atoms with Crippen LogP contribution in [0.5, 0.6) is 11.8 Å². The summed E-state index contributed by atoms with van der Waals surface area (Å²) >= 11 is 0. The fourth-order valence-electron chi connectivity index (χ4n) is 1.64. The van der Waals surface area contributed by atoms with Gasteiger partial charge in [0.1, 0.15) is 11.8 Å². The van der Waals surface area contributed by atoms with Crippen LogP contribution in [0.4, 0.5) is 8.78 Å². The molecule has 0 aliphatic heterocycles. The van der Waals surface area contributed by atoms with Gasteiger partial charge in [0.05, 0.1) is 20.4 Å². The molecule has 0 saturated carbocycles. The summed E-state index contributed by atoms with van der Waals surface area (Å²) in [4.78, 5) is 7.93. The van der Waals surface area contributed by atoms with Crippen LogP contribution in [0.1, 0.15) is 17.4 Å². The summed E-state index contributed by atoms with van der Waals surface area (Å²) in [6.45, 7) is 0. The Bertz CT molecular complexity index is 623. The number of benzene rings is 1. The minimum atomic E-state index is -1.29. The molecule has 0 aliphatic carbocycles. The maximum absolute atomic E-state index is 13.2. The van der Waals surface area contributed by atoms with Crippen LogP contribution in [-0.4, -0.2) is 29.3 Å². The average Bonchev–Trinajstić information content (AvgIpc) is 2.48. The van der Waals surface area contributed by atoms with Crippen molar-refractivity contribution in [3.05, 3.63) is 47.3 Å². The van der Waals surface area contributed by atoms with Crippen LogP contribution in [0, 0.1) is 11.6 Å². The van der Waals surface area contributed by atoms with E-state index < -0.39 is 17.7 Å². The van der Waals surface area contributed by atoms with Crippen LogP contribution in [0.2, 0.25) is 0 Å². The van der Waals surface area contributed by atoms with Gasteiger partial charge in [-0.25, -0.2) is 13.8 Å². The molecule has 5 nitrogen and oxygen atoms in total. The summed E-state index contributed by atoms with van der Waals surface area (Å²) < 4.78 is 36.0. The third-order valence-corrected chi connectivity index (χ3v) is 2.67. The third kappa shape index (κ3) is 2.67. The quantitative estimate of drug-likeness (QED) is 0.927. The second-order valence-corrected chi connectivity index (χ2v) is 3.88. The SMILES string of the molecule is COc1cnc(C(O)c2ccc(F)c(F)c2)c(OC)n1. The molecule has 7 heteroatoms. The standard InChI is InChI=1S/C13H12F2N2O3/c1-19-10-6-16-11(13(17-10)20-2)12(18)7-3-4-8(14)9(15)5-7/h3-6,12,18H,1-2H3. The molecule has 2 aromatic rings. The lowest BCUT2D eigenvalue weighted by molar-refractivity contribution is 0.206. The van der Waals surface area contributed by atoms with Crippen molar-refractivity contribution in [1.82, 2.24) is 9.97 Å². The zero-order valence-electron chi connectivity index (χ0n) is 10.8. The monoisotopic (exact) mass is 282 g/mol. The summed E-state index contributed by atoms with van der Waals surface area (Å²) in [6.07, 6.45) is -0.000483. The molecule has 1 aromatic heterocycles. The van der Waals surface area contributed by atoms with E-state index >= 15 is 0 Å². The van der Waals surface area contributed by atoms with E-state index in [1.165, 1.54) is 26.5 Å². The van der Waals surface area contributed by atoms with Crippen molar-refractivity contribution in [3.63, 3.8) is 0 Å². The van der Waals surface area contributed by atoms with E-state index in [9.17, 15) is 13.9 Å². The molecule has 2 rings (SSSR count). The van der Waals surface area contributed by atoms with E-state index in [0.29, 0.717) is 0 Å². The Kier molecular flexibility index (Phi) is 4.09. The van der Waals surface area contributed by atoms with Crippen molar-refractivity contribution in [2.75, 3.05) is 14.2 Å². The number of aliphatic hydroxyl groups is 1. The zero-order chi connectivity index (χ0) is 14.7. The van der Waals surface area contributed by atoms with Crippen LogP contribution < -0.4 is 9.47 Å². The van der Waals surface area contributed by atoms with Gasteiger partial charge >= 0.3 is 0 Å². The Morgan fingerprint density at radius 3 is 2.50 bits per heavy atom. The molecule has 0 saturated heterocycles. The molecule has 1 aromatic carbocycles. The molecular formula is C13H12F2N2O3. The Morgan fingerprint density at radius 1 is 1.15 bits per heavy atom. The van der Waals surface area contributed by atoms with Crippen molar-refractivity contribution < 1.29 is 23.4 Å². The second-order valence-electron chi connectivity index (χ2n) is 3.88. The van der Waals surface area contributed by atoms with Crippen molar-refractivity contribution >= 4 is 0 Å². The fraction of sp³-hybridized carbons (Fsp3) is 0.231. The number of nitrogens with zero attached hydrogens (tertiary/aromatic N) is 2. The molecule has 20 heavy (non-hydrogen) atoms. The first-order valence-electron chi connectivity index (χ1n) is 5.64. The minimum absolute atomic E-state index is 0.0431. The van der Waals surface area contributed by atoms with E-state index in [1.54, 1.807) is 0 Å². The van der Waals surface area contributed by atoms with Crippen LogP contribution in [0.25, 0.3) is 0 Å². The number of methoxy groups -OCH3 is 2. The van der Waals surface area contributed by atoms with Gasteiger partial charge in [-0.3, -0.25) is 0 Å². The summed E-state index contributed by atoms with van der Waals surface area (Å²) in [5, 5.41) is 10.2. The molecule has 0 fully saturated rings. The Balaban J connectivity index is 2.41. The number of aliphatic hydroxyl groups excluding tert-OH is 1. The topological polar surface area (TPSA) is 64.5 Å². The first-order chi connectivity index (χ1) is 9.56. The molecular weight excluding hydrogens is 270 g/mol. The lowest BCUT2D eigenvalue weighted by atomic mass is 10.1. The Morgan fingerprint density at radius 2 is 1.90 bits per heavy atom. The van der Waals surface area contributed by atoms with E-state index in [4.69, 9.17) is 9.47 Å². The first-order valence-corrected chi connectivity index (χ1v) is 5.64. The smallest absolute Gasteiger partial charge is 0.241 e. The Labute approximate surface area is 113 Å². The number of aromatic nitrogens is 2. The van der Waals surface area contributed by atoms with Gasteiger partial charge in [-0.2, -0.15) is 4.98 Å². The molecule has 1 N–H and O–H groups in total. The molecule has 0 spiro atoms. The number of halogens is 2. The predicted molar refractivity (Wildman–Crippen MR) is 65.6 cm³/mol. The van der Waals surface area contributed by atoms with Crippen LogP contribution in [0.15, 0.2) is 24.4 Å². The van der Waals surface area contributed by atoms with E-state index in [-0.39, 0.29) is 23.0 Å². The van der Waals surface area contributed by atoms with Gasteiger partial charge in [0.25, 0.3) is 0 Å². The van der Waals surface area contributed by atoms with Crippen LogP contribution >= 0.6 is 0 Å². The number of hydrogen-bond acceptors (Lipinski definition) is 5. The zero-order valence-corrected chi connectivity index (χ0v) is 10.8. The number of ether oxygens (including phenoxy) is 2.